The number of hydrogen-bond acceptors (Lipinski definition) is 5. The molecule has 1 fully saturated rings. The van der Waals surface area contributed by atoms with Gasteiger partial charge in [-0.05, 0) is 42.5 Å². The van der Waals surface area contributed by atoms with Gasteiger partial charge < -0.3 is 19.3 Å². The first-order chi connectivity index (χ1) is 13.6. The highest BCUT2D eigenvalue weighted by Gasteiger charge is 2.40. The molecule has 0 radical (unpaired) electrons. The van der Waals surface area contributed by atoms with E-state index in [2.05, 4.69) is 18.4 Å². The molecular weight excluding hydrogens is 376 g/mol. The quantitative estimate of drug-likeness (QED) is 0.780. The van der Waals surface area contributed by atoms with Crippen molar-refractivity contribution < 1.29 is 19.1 Å². The number of hydrogen-bond donors (Lipinski definition) is 0. The number of carbonyl (C=O) groups is 2. The summed E-state index contributed by atoms with van der Waals surface area (Å²) in [4.78, 5) is 30.9. The fourth-order valence-electron chi connectivity index (χ4n) is 4.37. The van der Waals surface area contributed by atoms with E-state index in [-0.39, 0.29) is 30.2 Å². The monoisotopic (exact) mass is 398 g/mol. The Balaban J connectivity index is 1.33. The first-order valence-electron chi connectivity index (χ1n) is 9.68. The first-order valence-corrected chi connectivity index (χ1v) is 10.6. The Labute approximate surface area is 167 Å². The molecular formula is C21H22N2O4S. The maximum Gasteiger partial charge on any atom is 0.228 e. The van der Waals surface area contributed by atoms with E-state index in [1.807, 2.05) is 23.1 Å². The molecule has 146 valence electrons. The summed E-state index contributed by atoms with van der Waals surface area (Å²) in [5.41, 5.74) is 2.01. The Morgan fingerprint density at radius 1 is 1.18 bits per heavy atom. The lowest BCUT2D eigenvalue weighted by atomic mass is 9.98. The number of fused-ring (bicyclic) bond motifs is 2. The molecule has 4 heterocycles. The van der Waals surface area contributed by atoms with Crippen LogP contribution in [-0.4, -0.2) is 43.0 Å². The molecule has 0 spiro atoms. The van der Waals surface area contributed by atoms with Gasteiger partial charge in [-0.25, -0.2) is 0 Å². The van der Waals surface area contributed by atoms with Gasteiger partial charge in [-0.3, -0.25) is 9.59 Å². The van der Waals surface area contributed by atoms with Crippen LogP contribution in [0.5, 0.6) is 11.5 Å². The largest absolute Gasteiger partial charge is 0.486 e. The highest BCUT2D eigenvalue weighted by atomic mass is 32.1. The molecule has 1 saturated heterocycles. The number of amides is 2. The zero-order chi connectivity index (χ0) is 19.3. The maximum atomic E-state index is 13.2. The summed E-state index contributed by atoms with van der Waals surface area (Å²) in [6.07, 6.45) is 1.16. The second-order valence-electron chi connectivity index (χ2n) is 7.49. The van der Waals surface area contributed by atoms with Gasteiger partial charge in [0.05, 0.1) is 12.0 Å². The fourth-order valence-corrected chi connectivity index (χ4v) is 5.33. The van der Waals surface area contributed by atoms with Crippen LogP contribution in [0.3, 0.4) is 0 Å². The van der Waals surface area contributed by atoms with Gasteiger partial charge in [0.25, 0.3) is 0 Å². The van der Waals surface area contributed by atoms with E-state index in [1.165, 1.54) is 10.4 Å². The lowest BCUT2D eigenvalue weighted by Crippen LogP contribution is -2.42. The summed E-state index contributed by atoms with van der Waals surface area (Å²) in [5, 5.41) is 2.10. The second-order valence-corrected chi connectivity index (χ2v) is 8.49. The van der Waals surface area contributed by atoms with Crippen molar-refractivity contribution in [3.8, 4) is 11.5 Å². The number of benzene rings is 1. The number of nitrogens with zero attached hydrogens (tertiary/aromatic N) is 2. The minimum absolute atomic E-state index is 0.0177. The van der Waals surface area contributed by atoms with Crippen molar-refractivity contribution in [1.29, 1.82) is 0 Å². The zero-order valence-corrected chi connectivity index (χ0v) is 16.5. The van der Waals surface area contributed by atoms with Crippen molar-refractivity contribution >= 4 is 28.8 Å². The lowest BCUT2D eigenvalue weighted by Gasteiger charge is -2.35. The fraction of sp³-hybridized carbons (Fsp3) is 0.429. The van der Waals surface area contributed by atoms with E-state index in [9.17, 15) is 9.59 Å². The van der Waals surface area contributed by atoms with Crippen molar-refractivity contribution in [2.24, 2.45) is 5.92 Å². The third kappa shape index (κ3) is 2.85. The SMILES string of the molecule is C[C@H]1c2ccsc2CCN1C(=O)[C@H]1CC(=O)N(c2ccc3c(c2)OCCO3)C1. The molecule has 2 aromatic rings. The summed E-state index contributed by atoms with van der Waals surface area (Å²) in [6, 6.07) is 7.71. The van der Waals surface area contributed by atoms with Gasteiger partial charge >= 0.3 is 0 Å². The van der Waals surface area contributed by atoms with E-state index < -0.39 is 0 Å². The molecule has 1 aromatic heterocycles. The van der Waals surface area contributed by atoms with Crippen molar-refractivity contribution in [3.63, 3.8) is 0 Å². The molecule has 0 N–H and O–H groups in total. The predicted octanol–water partition coefficient (Wildman–Crippen LogP) is 3.02. The number of carbonyl (C=O) groups excluding carboxylic acids is 2. The van der Waals surface area contributed by atoms with Crippen molar-refractivity contribution in [2.75, 3.05) is 31.2 Å². The molecule has 0 saturated carbocycles. The van der Waals surface area contributed by atoms with Crippen molar-refractivity contribution in [2.45, 2.75) is 25.8 Å². The Hall–Kier alpha value is -2.54. The third-order valence-corrected chi connectivity index (χ3v) is 6.87. The van der Waals surface area contributed by atoms with Crippen LogP contribution in [0.4, 0.5) is 5.69 Å². The van der Waals surface area contributed by atoms with Crippen LogP contribution < -0.4 is 14.4 Å². The highest BCUT2D eigenvalue weighted by Crippen LogP contribution is 2.38. The first kappa shape index (κ1) is 17.6. The minimum atomic E-state index is -0.302. The number of ether oxygens (including phenoxy) is 2. The molecule has 0 bridgehead atoms. The van der Waals surface area contributed by atoms with Gasteiger partial charge in [0.1, 0.15) is 13.2 Å². The van der Waals surface area contributed by atoms with E-state index in [1.54, 1.807) is 16.2 Å². The maximum absolute atomic E-state index is 13.2. The number of thiophene rings is 1. The summed E-state index contributed by atoms with van der Waals surface area (Å²) >= 11 is 1.76. The molecule has 2 atom stereocenters. The standard InChI is InChI=1S/C21H22N2O4S/c1-13-16-5-9-28-19(16)4-6-22(13)21(25)14-10-20(24)23(12-14)15-2-3-17-18(11-15)27-8-7-26-17/h2-3,5,9,11,13-14H,4,6-8,10,12H2,1H3/t13-,14-/m0/s1. The van der Waals surface area contributed by atoms with Crippen molar-refractivity contribution in [1.82, 2.24) is 4.90 Å². The highest BCUT2D eigenvalue weighted by molar-refractivity contribution is 7.10. The van der Waals surface area contributed by atoms with Crippen LogP contribution in [0, 0.1) is 5.92 Å². The third-order valence-electron chi connectivity index (χ3n) is 5.87. The van der Waals surface area contributed by atoms with E-state index in [4.69, 9.17) is 9.47 Å². The number of anilines is 1. The average Bonchev–Trinajstić information content (AvgIpc) is 3.34. The van der Waals surface area contributed by atoms with Crippen LogP contribution >= 0.6 is 11.3 Å². The molecule has 2 amide bonds. The van der Waals surface area contributed by atoms with E-state index in [0.29, 0.717) is 31.3 Å². The molecule has 7 heteroatoms. The molecule has 28 heavy (non-hydrogen) atoms. The predicted molar refractivity (Wildman–Crippen MR) is 106 cm³/mol. The van der Waals surface area contributed by atoms with Crippen LogP contribution in [-0.2, 0) is 16.0 Å². The van der Waals surface area contributed by atoms with E-state index in [0.717, 1.165) is 18.7 Å². The van der Waals surface area contributed by atoms with Crippen molar-refractivity contribution in [3.05, 3.63) is 40.1 Å². The summed E-state index contributed by atoms with van der Waals surface area (Å²) < 4.78 is 11.2. The summed E-state index contributed by atoms with van der Waals surface area (Å²) in [5.74, 6) is 1.11. The van der Waals surface area contributed by atoms with Gasteiger partial charge in [-0.2, -0.15) is 0 Å². The topological polar surface area (TPSA) is 59.1 Å². The Morgan fingerprint density at radius 2 is 2.00 bits per heavy atom. The molecule has 1 aromatic carbocycles. The van der Waals surface area contributed by atoms with Crippen LogP contribution in [0.2, 0.25) is 0 Å². The van der Waals surface area contributed by atoms with Gasteiger partial charge in [0.15, 0.2) is 11.5 Å². The smallest absolute Gasteiger partial charge is 0.228 e. The molecule has 3 aliphatic heterocycles. The Bertz CT molecular complexity index is 940. The van der Waals surface area contributed by atoms with Gasteiger partial charge in [-0.15, -0.1) is 11.3 Å². The second kappa shape index (κ2) is 6.81. The molecule has 6 nitrogen and oxygen atoms in total. The van der Waals surface area contributed by atoms with Crippen LogP contribution in [0.25, 0.3) is 0 Å². The molecule has 0 aliphatic carbocycles. The summed E-state index contributed by atoms with van der Waals surface area (Å²) in [6.45, 7) is 4.26. The molecule has 3 aliphatic rings. The Kier molecular flexibility index (Phi) is 4.27. The van der Waals surface area contributed by atoms with Crippen LogP contribution in [0.1, 0.15) is 29.8 Å². The minimum Gasteiger partial charge on any atom is -0.486 e. The van der Waals surface area contributed by atoms with Gasteiger partial charge in [0.2, 0.25) is 11.8 Å². The average molecular weight is 398 g/mol. The van der Waals surface area contributed by atoms with Gasteiger partial charge in [-0.1, -0.05) is 0 Å². The lowest BCUT2D eigenvalue weighted by molar-refractivity contribution is -0.138. The zero-order valence-electron chi connectivity index (χ0n) is 15.7. The van der Waals surface area contributed by atoms with Gasteiger partial charge in [0, 0.05) is 36.1 Å². The molecule has 5 rings (SSSR count). The Morgan fingerprint density at radius 3 is 2.86 bits per heavy atom. The van der Waals surface area contributed by atoms with E-state index >= 15 is 0 Å². The summed E-state index contributed by atoms with van der Waals surface area (Å²) in [7, 11) is 0. The normalized spacial score (nSPS) is 23.7. The number of rotatable bonds is 2. The van der Waals surface area contributed by atoms with Crippen LogP contribution in [0.15, 0.2) is 29.6 Å². The molecule has 0 unspecified atom stereocenters.